The maximum atomic E-state index is 14.3. The van der Waals surface area contributed by atoms with Crippen LogP contribution in [-0.2, 0) is 0 Å². The second kappa shape index (κ2) is 8.85. The van der Waals surface area contributed by atoms with E-state index < -0.39 is 17.2 Å². The predicted molar refractivity (Wildman–Crippen MR) is 123 cm³/mol. The molecule has 0 unspecified atom stereocenters. The van der Waals surface area contributed by atoms with Crippen molar-refractivity contribution in [1.82, 2.24) is 9.78 Å². The Kier molecular flexibility index (Phi) is 5.81. The average molecular weight is 428 g/mol. The third-order valence-corrected chi connectivity index (χ3v) is 5.06. The Morgan fingerprint density at radius 1 is 0.969 bits per heavy atom. The monoisotopic (exact) mass is 428 g/mol. The number of nitrogens with zero attached hydrogens (tertiary/aromatic N) is 3. The fraction of sp³-hybridized carbons (Fsp3) is 0.0800. The molecule has 1 N–H and O–H groups in total. The van der Waals surface area contributed by atoms with Gasteiger partial charge in [0.2, 0.25) is 5.43 Å². The van der Waals surface area contributed by atoms with Gasteiger partial charge < -0.3 is 10.2 Å². The van der Waals surface area contributed by atoms with E-state index in [0.29, 0.717) is 11.4 Å². The lowest BCUT2D eigenvalue weighted by Crippen LogP contribution is -2.27. The van der Waals surface area contributed by atoms with Crippen molar-refractivity contribution in [2.45, 2.75) is 6.92 Å². The van der Waals surface area contributed by atoms with E-state index in [9.17, 15) is 14.0 Å². The summed E-state index contributed by atoms with van der Waals surface area (Å²) >= 11 is 0. The maximum Gasteiger partial charge on any atom is 0.280 e. The summed E-state index contributed by atoms with van der Waals surface area (Å²) in [6.45, 7) is 1.63. The number of amides is 1. The van der Waals surface area contributed by atoms with Crippen molar-refractivity contribution >= 4 is 23.0 Å². The number of aryl methyl sites for hydroxylation is 1. The summed E-state index contributed by atoms with van der Waals surface area (Å²) in [6.07, 6.45) is 0. The van der Waals surface area contributed by atoms with Gasteiger partial charge in [-0.15, -0.1) is 0 Å². The zero-order valence-electron chi connectivity index (χ0n) is 17.6. The van der Waals surface area contributed by atoms with Crippen molar-refractivity contribution in [2.75, 3.05) is 17.3 Å². The van der Waals surface area contributed by atoms with Gasteiger partial charge in [0.1, 0.15) is 11.5 Å². The standard InChI is InChI=1S/C25H21FN4O2/c1-17-16-23(31)24(28-30(17)21-14-8-6-12-19(21)26)25(32)27-20-13-7-9-15-22(20)29(2)18-10-4-3-5-11-18/h3-16H,1-2H3,(H,27,32). The summed E-state index contributed by atoms with van der Waals surface area (Å²) < 4.78 is 15.6. The average Bonchev–Trinajstić information content (AvgIpc) is 2.80. The summed E-state index contributed by atoms with van der Waals surface area (Å²) in [5.74, 6) is -1.18. The molecule has 1 heterocycles. The lowest BCUT2D eigenvalue weighted by Gasteiger charge is -2.22. The topological polar surface area (TPSA) is 67.2 Å². The van der Waals surface area contributed by atoms with Gasteiger partial charge in [-0.05, 0) is 43.3 Å². The molecular weight excluding hydrogens is 407 g/mol. The molecule has 0 aliphatic rings. The highest BCUT2D eigenvalue weighted by Gasteiger charge is 2.19. The van der Waals surface area contributed by atoms with Gasteiger partial charge in [-0.1, -0.05) is 42.5 Å². The van der Waals surface area contributed by atoms with Crippen molar-refractivity contribution in [2.24, 2.45) is 0 Å². The molecule has 4 rings (SSSR count). The maximum absolute atomic E-state index is 14.3. The van der Waals surface area contributed by atoms with Crippen molar-refractivity contribution in [3.8, 4) is 5.69 Å². The molecule has 0 saturated carbocycles. The fourth-order valence-corrected chi connectivity index (χ4v) is 3.42. The Morgan fingerprint density at radius 2 is 1.62 bits per heavy atom. The van der Waals surface area contributed by atoms with Crippen LogP contribution in [0.25, 0.3) is 5.69 Å². The van der Waals surface area contributed by atoms with E-state index in [1.165, 1.54) is 22.9 Å². The van der Waals surface area contributed by atoms with E-state index >= 15 is 0 Å². The second-order valence-electron chi connectivity index (χ2n) is 7.23. The van der Waals surface area contributed by atoms with E-state index in [2.05, 4.69) is 10.4 Å². The number of carbonyl (C=O) groups excluding carboxylic acids is 1. The molecule has 0 atom stereocenters. The first-order valence-corrected chi connectivity index (χ1v) is 10.0. The van der Waals surface area contributed by atoms with E-state index in [-0.39, 0.29) is 11.4 Å². The minimum Gasteiger partial charge on any atom is -0.343 e. The molecule has 4 aromatic rings. The Balaban J connectivity index is 1.70. The molecule has 1 aromatic heterocycles. The number of nitrogens with one attached hydrogen (secondary N) is 1. The highest BCUT2D eigenvalue weighted by Crippen LogP contribution is 2.30. The van der Waals surface area contributed by atoms with Crippen molar-refractivity contribution < 1.29 is 9.18 Å². The van der Waals surface area contributed by atoms with Crippen LogP contribution in [0.2, 0.25) is 0 Å². The molecule has 6 nitrogen and oxygen atoms in total. The number of carbonyl (C=O) groups is 1. The quantitative estimate of drug-likeness (QED) is 0.500. The highest BCUT2D eigenvalue weighted by atomic mass is 19.1. The molecule has 0 fully saturated rings. The lowest BCUT2D eigenvalue weighted by atomic mass is 10.2. The zero-order valence-corrected chi connectivity index (χ0v) is 17.6. The van der Waals surface area contributed by atoms with Gasteiger partial charge in [0.15, 0.2) is 5.69 Å². The van der Waals surface area contributed by atoms with Gasteiger partial charge in [0, 0.05) is 24.5 Å². The number of benzene rings is 3. The Labute approximate surface area is 184 Å². The van der Waals surface area contributed by atoms with Crippen LogP contribution >= 0.6 is 0 Å². The highest BCUT2D eigenvalue weighted by molar-refractivity contribution is 6.04. The number of halogens is 1. The molecule has 0 spiro atoms. The zero-order chi connectivity index (χ0) is 22.7. The molecule has 160 valence electrons. The Hall–Kier alpha value is -4.26. The number of hydrogen-bond donors (Lipinski definition) is 1. The van der Waals surface area contributed by atoms with Crippen LogP contribution in [0.1, 0.15) is 16.2 Å². The molecule has 0 saturated heterocycles. The van der Waals surface area contributed by atoms with Crippen LogP contribution in [0.15, 0.2) is 89.7 Å². The molecule has 3 aromatic carbocycles. The van der Waals surface area contributed by atoms with Crippen LogP contribution in [0, 0.1) is 12.7 Å². The third kappa shape index (κ3) is 4.13. The predicted octanol–water partition coefficient (Wildman–Crippen LogP) is 4.70. The van der Waals surface area contributed by atoms with Gasteiger partial charge in [-0.3, -0.25) is 9.59 Å². The van der Waals surface area contributed by atoms with Crippen LogP contribution in [-0.4, -0.2) is 22.7 Å². The third-order valence-electron chi connectivity index (χ3n) is 5.06. The van der Waals surface area contributed by atoms with E-state index in [4.69, 9.17) is 0 Å². The largest absolute Gasteiger partial charge is 0.343 e. The number of anilines is 3. The number of aromatic nitrogens is 2. The number of para-hydroxylation sites is 4. The SMILES string of the molecule is Cc1cc(=O)c(C(=O)Nc2ccccc2N(C)c2ccccc2)nn1-c1ccccc1F. The van der Waals surface area contributed by atoms with Crippen LogP contribution < -0.4 is 15.6 Å². The molecular formula is C25H21FN4O2. The Morgan fingerprint density at radius 3 is 2.38 bits per heavy atom. The minimum absolute atomic E-state index is 0.156. The summed E-state index contributed by atoms with van der Waals surface area (Å²) in [4.78, 5) is 27.5. The van der Waals surface area contributed by atoms with Gasteiger partial charge in [-0.2, -0.15) is 5.10 Å². The smallest absolute Gasteiger partial charge is 0.280 e. The first-order chi connectivity index (χ1) is 15.5. The number of hydrogen-bond acceptors (Lipinski definition) is 4. The van der Waals surface area contributed by atoms with E-state index in [1.807, 2.05) is 54.4 Å². The molecule has 1 amide bonds. The lowest BCUT2D eigenvalue weighted by molar-refractivity contribution is 0.101. The van der Waals surface area contributed by atoms with Gasteiger partial charge in [0.25, 0.3) is 5.91 Å². The minimum atomic E-state index is -0.672. The van der Waals surface area contributed by atoms with Gasteiger partial charge in [-0.25, -0.2) is 9.07 Å². The van der Waals surface area contributed by atoms with Crippen LogP contribution in [0.5, 0.6) is 0 Å². The molecule has 0 bridgehead atoms. The van der Waals surface area contributed by atoms with E-state index in [0.717, 1.165) is 11.4 Å². The molecule has 0 radical (unpaired) electrons. The summed E-state index contributed by atoms with van der Waals surface area (Å²) in [5.41, 5.74) is 1.91. The molecule has 0 aliphatic carbocycles. The molecule has 32 heavy (non-hydrogen) atoms. The summed E-state index contributed by atoms with van der Waals surface area (Å²) in [6, 6.07) is 24.3. The van der Waals surface area contributed by atoms with Gasteiger partial charge in [0.05, 0.1) is 11.4 Å². The fourth-order valence-electron chi connectivity index (χ4n) is 3.42. The number of rotatable bonds is 5. The van der Waals surface area contributed by atoms with Crippen LogP contribution in [0.4, 0.5) is 21.5 Å². The van der Waals surface area contributed by atoms with Crippen molar-refractivity contribution in [1.29, 1.82) is 0 Å². The Bertz CT molecular complexity index is 1340. The molecule has 7 heteroatoms. The van der Waals surface area contributed by atoms with Crippen molar-refractivity contribution in [3.05, 3.63) is 112 Å². The second-order valence-corrected chi connectivity index (χ2v) is 7.23. The summed E-state index contributed by atoms with van der Waals surface area (Å²) in [5, 5.41) is 6.95. The first kappa shape index (κ1) is 21.0. The normalized spacial score (nSPS) is 10.6. The first-order valence-electron chi connectivity index (χ1n) is 10.0. The summed E-state index contributed by atoms with van der Waals surface area (Å²) in [7, 11) is 1.88. The van der Waals surface area contributed by atoms with E-state index in [1.54, 1.807) is 31.2 Å². The molecule has 0 aliphatic heterocycles. The van der Waals surface area contributed by atoms with Crippen LogP contribution in [0.3, 0.4) is 0 Å². The van der Waals surface area contributed by atoms with Gasteiger partial charge >= 0.3 is 0 Å². The van der Waals surface area contributed by atoms with Crippen molar-refractivity contribution in [3.63, 3.8) is 0 Å².